The molecule has 29 nitrogen and oxygen atoms in total. The van der Waals surface area contributed by atoms with Gasteiger partial charge in [-0.1, -0.05) is 97.1 Å². The molecule has 0 fully saturated rings. The van der Waals surface area contributed by atoms with Crippen LogP contribution >= 0.6 is 0 Å². The van der Waals surface area contributed by atoms with E-state index in [1.54, 1.807) is 0 Å². The Morgan fingerprint density at radius 3 is 1.28 bits per heavy atom. The van der Waals surface area contributed by atoms with Crippen LogP contribution < -0.4 is 39.3 Å². The molecule has 96 heavy (non-hydrogen) atoms. The Kier molecular flexibility index (Phi) is 22.3. The molecule has 0 saturated carbocycles. The summed E-state index contributed by atoms with van der Waals surface area (Å²) < 4.78 is 112. The molecule has 1 atom stereocenters. The summed E-state index contributed by atoms with van der Waals surface area (Å²) in [6, 6.07) is 32.5. The molecule has 4 aliphatic heterocycles. The fourth-order valence-corrected chi connectivity index (χ4v) is 27.1. The SMILES string of the molecule is C[Si](C)(CCCNC(=O)CCCCC(=O)ON)O[Si]1(O[Si](C)(C)CCCNC(=O)CCC[N+](CCCS(=O)(=O)O)(CCCS(=O)(=O)ON)CCCS(=O)(=O)ON)n2c3c4ccccc4c2N=C2N=C(N=c4c5ccccc5c(n41)=NC1=NC(=N3)c3ccccc31)c1ccccc12. The quantitative estimate of drug-likeness (QED) is 0.0101. The summed E-state index contributed by atoms with van der Waals surface area (Å²) in [5.74, 6) is 15.1. The number of unbranched alkanes of at least 4 members (excludes halogenated alkanes) is 1. The van der Waals surface area contributed by atoms with Gasteiger partial charge in [-0.3, -0.25) is 27.4 Å². The predicted molar refractivity (Wildman–Crippen MR) is 369 cm³/mol. The minimum Gasteiger partial charge on any atom is -0.404 e. The maximum atomic E-state index is 14.0. The van der Waals surface area contributed by atoms with E-state index in [-0.39, 0.29) is 94.0 Å². The number of amides is 2. The average Bonchev–Trinajstić information content (AvgIpc) is 1.51. The minimum atomic E-state index is -4.70. The molecule has 9 N–H and O–H groups in total. The van der Waals surface area contributed by atoms with Crippen LogP contribution in [0.2, 0.25) is 38.3 Å². The number of quaternary nitrogens is 1. The molecule has 6 heterocycles. The van der Waals surface area contributed by atoms with Crippen molar-refractivity contribution < 1.29 is 70.3 Å². The largest absolute Gasteiger partial charge is 0.582 e. The number of carbonyl (C=O) groups excluding carboxylic acids is 3. The van der Waals surface area contributed by atoms with Crippen LogP contribution in [0.3, 0.4) is 0 Å². The molecule has 6 bridgehead atoms. The van der Waals surface area contributed by atoms with Gasteiger partial charge in [0.2, 0.25) is 11.8 Å². The third-order valence-corrected chi connectivity index (χ3v) is 31.9. The highest BCUT2D eigenvalue weighted by molar-refractivity contribution is 7.87. The van der Waals surface area contributed by atoms with Gasteiger partial charge in [-0.2, -0.15) is 51.5 Å². The van der Waals surface area contributed by atoms with Crippen molar-refractivity contribution in [1.82, 2.24) is 19.1 Å². The number of nitrogens with two attached hydrogens (primary N) is 3. The number of hydrogen-bond donors (Lipinski definition) is 6. The highest BCUT2D eigenvalue weighted by Gasteiger charge is 2.58. The maximum Gasteiger partial charge on any atom is 0.582 e. The van der Waals surface area contributed by atoms with Crippen LogP contribution in [0.4, 0.5) is 11.6 Å². The molecule has 35 heteroatoms. The summed E-state index contributed by atoms with van der Waals surface area (Å²) in [6.45, 7) is 9.53. The van der Waals surface area contributed by atoms with Gasteiger partial charge in [0.05, 0.1) is 43.4 Å². The topological polar surface area (TPSA) is 406 Å². The molecular weight excluding hydrogens is 1350 g/mol. The first-order valence-corrected chi connectivity index (χ1v) is 44.5. The van der Waals surface area contributed by atoms with Crippen LogP contribution in [-0.4, -0.2) is 166 Å². The average molecular weight is 1430 g/mol. The highest BCUT2D eigenvalue weighted by atomic mass is 32.2. The number of amidine groups is 4. The molecule has 0 saturated heterocycles. The van der Waals surface area contributed by atoms with Crippen molar-refractivity contribution in [2.24, 2.45) is 47.6 Å². The van der Waals surface area contributed by atoms with E-state index in [0.717, 1.165) is 43.8 Å². The standard InChI is InChI=1S/C61H80N14O15S3Si3/c1-94(2,41-16-32-65-51(76)29-13-14-31-53(78)86-62)89-96(90-95(3,4)42-17-33-66-52(77)30-15-34-75(35-18-38-91(79,80)81,36-19-39-92(82,83)87-63)37-20-40-93(84,85)88-64)73-58-47-25-9-10-26-48(47)60(73)71-56-45-23-7-8-24-46(45)57(68-56)72-61-50-28-12-11-27-49(50)59(74(61)96)70-55-44-22-6-5-21-43(44)54(67-55)69-58/h5-12,21-28H,13-20,29-42,62-64H2,1-4H3,(H2-,65,66,76,77,79,80,81)/p+1. The third-order valence-electron chi connectivity index (χ3n) is 17.3. The molecule has 2 aromatic heterocycles. The Hall–Kier alpha value is -7.21. The molecule has 6 aromatic rings. The van der Waals surface area contributed by atoms with Crippen molar-refractivity contribution in [2.45, 2.75) is 109 Å². The molecule has 4 aliphatic rings. The third kappa shape index (κ3) is 16.8. The lowest BCUT2D eigenvalue weighted by Crippen LogP contribution is -2.70. The Labute approximate surface area is 559 Å². The minimum absolute atomic E-state index is 0.00759. The molecule has 4 aromatic carbocycles. The number of aliphatic imine (C=N–C) groups is 4. The van der Waals surface area contributed by atoms with Gasteiger partial charge >= 0.3 is 14.9 Å². The molecule has 1 unspecified atom stereocenters. The van der Waals surface area contributed by atoms with Crippen molar-refractivity contribution in [1.29, 1.82) is 0 Å². The molecule has 0 spiro atoms. The van der Waals surface area contributed by atoms with Gasteiger partial charge in [0.25, 0.3) is 30.4 Å². The molecule has 514 valence electrons. The van der Waals surface area contributed by atoms with E-state index < -0.39 is 79.1 Å². The molecule has 0 aliphatic carbocycles. The van der Waals surface area contributed by atoms with Crippen LogP contribution in [0.15, 0.2) is 127 Å². The van der Waals surface area contributed by atoms with Crippen LogP contribution in [0.25, 0.3) is 21.5 Å². The normalized spacial score (nSPS) is 16.0. The molecule has 0 radical (unpaired) electrons. The van der Waals surface area contributed by atoms with Gasteiger partial charge in [0.15, 0.2) is 40.0 Å². The number of hydrogen-bond acceptors (Lipinski definition) is 23. The second-order valence-electron chi connectivity index (χ2n) is 25.4. The van der Waals surface area contributed by atoms with Crippen LogP contribution in [0.1, 0.15) is 92.9 Å². The van der Waals surface area contributed by atoms with E-state index in [4.69, 9.17) is 55.9 Å². The number of fused-ring (bicyclic) bond motifs is 14. The number of benzene rings is 4. The first-order chi connectivity index (χ1) is 45.7. The number of carbonyl (C=O) groups is 3. The zero-order chi connectivity index (χ0) is 68.7. The zero-order valence-corrected chi connectivity index (χ0v) is 59.4. The van der Waals surface area contributed by atoms with Gasteiger partial charge in [0.1, 0.15) is 22.6 Å². The van der Waals surface area contributed by atoms with E-state index in [9.17, 15) is 44.2 Å². The van der Waals surface area contributed by atoms with E-state index in [1.165, 1.54) is 0 Å². The summed E-state index contributed by atoms with van der Waals surface area (Å²) in [5, 5.41) is 9.09. The number of nitrogens with zero attached hydrogens (tertiary/aromatic N) is 9. The summed E-state index contributed by atoms with van der Waals surface area (Å²) in [4.78, 5) is 76.0. The number of rotatable bonds is 35. The van der Waals surface area contributed by atoms with Crippen LogP contribution in [0.5, 0.6) is 0 Å². The van der Waals surface area contributed by atoms with E-state index in [0.29, 0.717) is 90.3 Å². The first kappa shape index (κ1) is 71.6. The van der Waals surface area contributed by atoms with Gasteiger partial charge in [-0.15, -0.1) is 0 Å². The lowest BCUT2D eigenvalue weighted by Gasteiger charge is -2.43. The zero-order valence-electron chi connectivity index (χ0n) is 53.9. The van der Waals surface area contributed by atoms with E-state index >= 15 is 0 Å². The van der Waals surface area contributed by atoms with Crippen molar-refractivity contribution in [3.63, 3.8) is 0 Å². The second kappa shape index (κ2) is 29.9. The van der Waals surface area contributed by atoms with Crippen LogP contribution in [0, 0.1) is 0 Å². The molecular formula is C61H81N14O15S3Si3+. The Morgan fingerprint density at radius 2 is 0.865 bits per heavy atom. The maximum absolute atomic E-state index is 14.0. The van der Waals surface area contributed by atoms with Crippen molar-refractivity contribution in [3.05, 3.63) is 130 Å². The van der Waals surface area contributed by atoms with Crippen LogP contribution in [-0.2, 0) is 66.4 Å². The van der Waals surface area contributed by atoms with Gasteiger partial charge in [0, 0.05) is 102 Å². The lowest BCUT2D eigenvalue weighted by molar-refractivity contribution is -0.928. The number of nitrogens with one attached hydrogen (secondary N) is 2. The Balaban J connectivity index is 1.03. The Morgan fingerprint density at radius 1 is 0.490 bits per heavy atom. The van der Waals surface area contributed by atoms with Crippen molar-refractivity contribution in [3.8, 4) is 0 Å². The fourth-order valence-electron chi connectivity index (χ4n) is 12.8. The van der Waals surface area contributed by atoms with E-state index in [1.807, 2.05) is 97.1 Å². The van der Waals surface area contributed by atoms with Crippen molar-refractivity contribution in [2.75, 3.05) is 56.5 Å². The van der Waals surface area contributed by atoms with Gasteiger partial charge < -0.3 is 28.2 Å². The summed E-state index contributed by atoms with van der Waals surface area (Å²) in [6.07, 6.45) is 2.32. The smallest absolute Gasteiger partial charge is 0.404 e. The molecule has 2 amide bonds. The predicted octanol–water partition coefficient (Wildman–Crippen LogP) is 4.90. The summed E-state index contributed by atoms with van der Waals surface area (Å²) in [5.41, 5.74) is 4.02. The Bertz CT molecular complexity index is 4400. The highest BCUT2D eigenvalue weighted by Crippen LogP contribution is 2.45. The fraction of sp³-hybridized carbons (Fsp3) is 0.426. The number of aromatic nitrogens is 2. The summed E-state index contributed by atoms with van der Waals surface area (Å²) in [7, 11) is -23.7. The van der Waals surface area contributed by atoms with Gasteiger partial charge in [-0.05, 0) is 64.0 Å². The summed E-state index contributed by atoms with van der Waals surface area (Å²) >= 11 is 0. The molecule has 10 rings (SSSR count). The lowest BCUT2D eigenvalue weighted by atomic mass is 10.1. The van der Waals surface area contributed by atoms with Gasteiger partial charge in [-0.25, -0.2) is 30.0 Å². The first-order valence-electron chi connectivity index (χ1n) is 31.8. The second-order valence-corrected chi connectivity index (χ2v) is 42.1. The monoisotopic (exact) mass is 1430 g/mol. The van der Waals surface area contributed by atoms with E-state index in [2.05, 4.69) is 58.7 Å². The van der Waals surface area contributed by atoms with Crippen molar-refractivity contribution >= 4 is 130 Å².